The van der Waals surface area contributed by atoms with Crippen molar-refractivity contribution in [2.45, 2.75) is 0 Å². The first-order chi connectivity index (χ1) is 9.58. The fourth-order valence-electron chi connectivity index (χ4n) is 1.59. The van der Waals surface area contributed by atoms with E-state index in [9.17, 15) is 20.1 Å². The van der Waals surface area contributed by atoms with Crippen molar-refractivity contribution in [3.05, 3.63) is 76.1 Å². The van der Waals surface area contributed by atoms with Crippen molar-refractivity contribution < 1.29 is 19.7 Å². The third-order valence-corrected chi connectivity index (χ3v) is 2.62. The van der Waals surface area contributed by atoms with Crippen LogP contribution in [0.3, 0.4) is 0 Å². The molecule has 0 saturated carbocycles. The number of nitro benzene ring substituents is 1. The molecule has 2 rings (SSSR count). The number of carbonyl (C=O) groups excluding carboxylic acids is 1. The van der Waals surface area contributed by atoms with Gasteiger partial charge in [-0.25, -0.2) is 0 Å². The van der Waals surface area contributed by atoms with Crippen molar-refractivity contribution in [3.8, 4) is 0 Å². The Morgan fingerprint density at radius 1 is 1.20 bits per heavy atom. The topological polar surface area (TPSA) is 84.3 Å². The monoisotopic (exact) mass is 271 g/mol. The molecule has 1 N–H and O–H groups in total. The van der Waals surface area contributed by atoms with Gasteiger partial charge < -0.3 is 0 Å². The predicted molar refractivity (Wildman–Crippen MR) is 70.3 cm³/mol. The summed E-state index contributed by atoms with van der Waals surface area (Å²) in [4.78, 5) is 21.9. The van der Waals surface area contributed by atoms with E-state index in [1.165, 1.54) is 36.5 Å². The summed E-state index contributed by atoms with van der Waals surface area (Å²) in [6.45, 7) is 0. The molecule has 20 heavy (non-hydrogen) atoms. The number of rotatable bonds is 4. The molecule has 0 amide bonds. The van der Waals surface area contributed by atoms with Gasteiger partial charge in [-0.05, 0) is 29.8 Å². The van der Waals surface area contributed by atoms with Gasteiger partial charge in [0.2, 0.25) is 6.20 Å². The van der Waals surface area contributed by atoms with Crippen molar-refractivity contribution in [2.24, 2.45) is 0 Å². The molecule has 100 valence electrons. The van der Waals surface area contributed by atoms with Gasteiger partial charge in [0.15, 0.2) is 0 Å². The summed E-state index contributed by atoms with van der Waals surface area (Å²) in [6.07, 6.45) is 4.18. The van der Waals surface area contributed by atoms with E-state index in [2.05, 4.69) is 0 Å². The predicted octanol–water partition coefficient (Wildman–Crippen LogP) is 2.02. The average molecular weight is 271 g/mol. The minimum Gasteiger partial charge on any atom is -0.284 e. The number of ketones is 1. The quantitative estimate of drug-likeness (QED) is 0.230. The third kappa shape index (κ3) is 3.05. The van der Waals surface area contributed by atoms with Crippen LogP contribution >= 0.6 is 0 Å². The smallest absolute Gasteiger partial charge is 0.284 e. The van der Waals surface area contributed by atoms with Gasteiger partial charge in [-0.1, -0.05) is 6.08 Å². The normalized spacial score (nSPS) is 10.6. The van der Waals surface area contributed by atoms with Gasteiger partial charge in [-0.3, -0.25) is 20.1 Å². The van der Waals surface area contributed by atoms with Crippen molar-refractivity contribution in [2.75, 3.05) is 0 Å². The highest BCUT2D eigenvalue weighted by Crippen LogP contribution is 2.13. The van der Waals surface area contributed by atoms with Gasteiger partial charge in [0.05, 0.1) is 4.92 Å². The van der Waals surface area contributed by atoms with Crippen LogP contribution in [0.15, 0.2) is 54.7 Å². The number of non-ortho nitro benzene ring substituents is 1. The molecule has 0 spiro atoms. The van der Waals surface area contributed by atoms with E-state index in [1.807, 2.05) is 0 Å². The lowest BCUT2D eigenvalue weighted by Crippen LogP contribution is -2.36. The molecule has 1 heterocycles. The van der Waals surface area contributed by atoms with Crippen LogP contribution in [0.5, 0.6) is 0 Å². The molecular formula is C14H11N2O4+. The molecule has 0 saturated heterocycles. The van der Waals surface area contributed by atoms with Gasteiger partial charge in [0, 0.05) is 29.0 Å². The fraction of sp³-hybridized carbons (Fsp3) is 0. The summed E-state index contributed by atoms with van der Waals surface area (Å²) in [6, 6.07) is 10.5. The second-order valence-electron chi connectivity index (χ2n) is 3.98. The standard InChI is InChI=1S/C14H11N2O4/c17-14(13-3-1-2-10-15(13)18)9-6-11-4-7-12(8-5-11)16(19)20/h1-10,18H/q+1. The number of aromatic nitrogens is 1. The zero-order valence-electron chi connectivity index (χ0n) is 10.3. The summed E-state index contributed by atoms with van der Waals surface area (Å²) in [5, 5.41) is 20.0. The minimum absolute atomic E-state index is 0.00950. The van der Waals surface area contributed by atoms with Crippen LogP contribution in [0, 0.1) is 10.1 Å². The molecule has 0 aliphatic heterocycles. The van der Waals surface area contributed by atoms with Crippen LogP contribution in [0.25, 0.3) is 6.08 Å². The Bertz CT molecular complexity index is 678. The van der Waals surface area contributed by atoms with Crippen molar-refractivity contribution in [1.82, 2.24) is 0 Å². The van der Waals surface area contributed by atoms with Crippen molar-refractivity contribution >= 4 is 17.5 Å². The summed E-state index contributed by atoms with van der Waals surface area (Å²) >= 11 is 0. The van der Waals surface area contributed by atoms with Crippen LogP contribution < -0.4 is 4.73 Å². The van der Waals surface area contributed by atoms with Gasteiger partial charge in [-0.2, -0.15) is 0 Å². The molecule has 0 fully saturated rings. The highest BCUT2D eigenvalue weighted by Gasteiger charge is 2.15. The van der Waals surface area contributed by atoms with Gasteiger partial charge in [0.1, 0.15) is 0 Å². The first kappa shape index (κ1) is 13.4. The first-order valence-corrected chi connectivity index (χ1v) is 5.75. The van der Waals surface area contributed by atoms with E-state index in [4.69, 9.17) is 0 Å². The zero-order chi connectivity index (χ0) is 14.5. The largest absolute Gasteiger partial charge is 0.304 e. The Balaban J connectivity index is 2.15. The Hall–Kier alpha value is -3.02. The lowest BCUT2D eigenvalue weighted by atomic mass is 10.1. The highest BCUT2D eigenvalue weighted by atomic mass is 16.6. The molecule has 2 aromatic rings. The van der Waals surface area contributed by atoms with Crippen LogP contribution in [0.1, 0.15) is 16.1 Å². The Kier molecular flexibility index (Phi) is 3.85. The van der Waals surface area contributed by atoms with Crippen LogP contribution in [-0.4, -0.2) is 15.9 Å². The summed E-state index contributed by atoms with van der Waals surface area (Å²) in [5.74, 6) is -0.369. The second-order valence-corrected chi connectivity index (χ2v) is 3.98. The number of pyridine rings is 1. The second kappa shape index (κ2) is 5.75. The fourth-order valence-corrected chi connectivity index (χ4v) is 1.59. The molecule has 0 aliphatic carbocycles. The number of benzene rings is 1. The highest BCUT2D eigenvalue weighted by molar-refractivity contribution is 6.04. The molecule has 0 bridgehead atoms. The number of hydrogen-bond donors (Lipinski definition) is 1. The maximum atomic E-state index is 11.8. The summed E-state index contributed by atoms with van der Waals surface area (Å²) in [5.41, 5.74) is 0.778. The maximum absolute atomic E-state index is 11.8. The summed E-state index contributed by atoms with van der Waals surface area (Å²) < 4.78 is 0.739. The molecule has 0 unspecified atom stereocenters. The Morgan fingerprint density at radius 2 is 1.90 bits per heavy atom. The molecule has 1 aromatic heterocycles. The van der Waals surface area contributed by atoms with E-state index in [0.29, 0.717) is 5.56 Å². The Labute approximate surface area is 114 Å². The van der Waals surface area contributed by atoms with Gasteiger partial charge in [0.25, 0.3) is 11.5 Å². The van der Waals surface area contributed by atoms with Gasteiger partial charge in [-0.15, -0.1) is 0 Å². The molecule has 0 aliphatic rings. The van der Waals surface area contributed by atoms with Crippen molar-refractivity contribution in [1.29, 1.82) is 0 Å². The Morgan fingerprint density at radius 3 is 2.50 bits per heavy atom. The average Bonchev–Trinajstić information content (AvgIpc) is 2.45. The number of nitro groups is 1. The molecule has 1 aromatic carbocycles. The van der Waals surface area contributed by atoms with Gasteiger partial charge >= 0.3 is 5.69 Å². The zero-order valence-corrected chi connectivity index (χ0v) is 10.3. The number of allylic oxidation sites excluding steroid dienone is 1. The number of carbonyl (C=O) groups is 1. The van der Waals surface area contributed by atoms with Crippen molar-refractivity contribution in [3.63, 3.8) is 0 Å². The molecule has 0 radical (unpaired) electrons. The lowest BCUT2D eigenvalue weighted by molar-refractivity contribution is -0.905. The third-order valence-electron chi connectivity index (χ3n) is 2.62. The number of nitrogens with zero attached hydrogens (tertiary/aromatic N) is 2. The lowest BCUT2D eigenvalue weighted by Gasteiger charge is -1.94. The SMILES string of the molecule is O=C(C=Cc1ccc([N+](=O)[O-])cc1)c1cccc[n+]1O. The maximum Gasteiger partial charge on any atom is 0.304 e. The molecule has 6 nitrogen and oxygen atoms in total. The molecular weight excluding hydrogens is 260 g/mol. The van der Waals surface area contributed by atoms with Crippen LogP contribution in [-0.2, 0) is 0 Å². The van der Waals surface area contributed by atoms with Crippen LogP contribution in [0.2, 0.25) is 0 Å². The number of hydrogen-bond acceptors (Lipinski definition) is 4. The molecule has 6 heteroatoms. The first-order valence-electron chi connectivity index (χ1n) is 5.75. The summed E-state index contributed by atoms with van der Waals surface area (Å²) in [7, 11) is 0. The minimum atomic E-state index is -0.489. The van der Waals surface area contributed by atoms with E-state index >= 15 is 0 Å². The van der Waals surface area contributed by atoms with E-state index in [-0.39, 0.29) is 17.2 Å². The van der Waals surface area contributed by atoms with E-state index in [0.717, 1.165) is 4.73 Å². The van der Waals surface area contributed by atoms with E-state index < -0.39 is 4.92 Å². The van der Waals surface area contributed by atoms with Crippen LogP contribution in [0.4, 0.5) is 5.69 Å². The molecule has 0 atom stereocenters. The van der Waals surface area contributed by atoms with E-state index in [1.54, 1.807) is 24.3 Å².